The first-order valence-electron chi connectivity index (χ1n) is 11.3. The molecule has 0 saturated heterocycles. The number of primary amides is 1. The number of carbonyl (C=O) groups excluding carboxylic acids is 1. The van der Waals surface area contributed by atoms with Crippen LogP contribution in [-0.4, -0.2) is 49.6 Å². The fraction of sp³-hybridized carbons (Fsp3) is 0.308. The molecule has 3 N–H and O–H groups in total. The Hall–Kier alpha value is -3.86. The van der Waals surface area contributed by atoms with Gasteiger partial charge in [-0.05, 0) is 56.4 Å². The van der Waals surface area contributed by atoms with Crippen molar-refractivity contribution in [2.75, 3.05) is 33.9 Å². The molecular weight excluding hydrogens is 494 g/mol. The zero-order valence-corrected chi connectivity index (χ0v) is 20.5. The van der Waals surface area contributed by atoms with Crippen LogP contribution in [0.5, 0.6) is 11.5 Å². The Morgan fingerprint density at radius 1 is 1.11 bits per heavy atom. The quantitative estimate of drug-likeness (QED) is 0.391. The molecule has 0 aliphatic rings. The molecule has 3 rings (SSSR count). The molecule has 0 aliphatic heterocycles. The normalized spacial score (nSPS) is 12.4. The number of hydrogen-bond acceptors (Lipinski definition) is 5. The third-order valence-corrected chi connectivity index (χ3v) is 5.49. The lowest BCUT2D eigenvalue weighted by Gasteiger charge is -2.20. The molecule has 7 nitrogen and oxygen atoms in total. The number of hydrogen-bond donors (Lipinski definition) is 2. The minimum atomic E-state index is -4.74. The third kappa shape index (κ3) is 6.88. The predicted octanol–water partition coefficient (Wildman–Crippen LogP) is 4.16. The smallest absolute Gasteiger partial charge is 0.416 e. The van der Waals surface area contributed by atoms with Gasteiger partial charge in [-0.1, -0.05) is 12.1 Å². The first kappa shape index (κ1) is 27.7. The number of amides is 1. The van der Waals surface area contributed by atoms with Gasteiger partial charge >= 0.3 is 6.18 Å². The van der Waals surface area contributed by atoms with Crippen LogP contribution in [0.3, 0.4) is 0 Å². The lowest BCUT2D eigenvalue weighted by atomic mass is 9.88. The van der Waals surface area contributed by atoms with Crippen molar-refractivity contribution in [3.05, 3.63) is 81.5 Å². The van der Waals surface area contributed by atoms with Crippen LogP contribution in [0.4, 0.5) is 17.6 Å². The number of aromatic amines is 1. The third-order valence-electron chi connectivity index (χ3n) is 5.49. The number of nitrogens with one attached hydrogen (secondary N) is 1. The van der Waals surface area contributed by atoms with Gasteiger partial charge in [-0.2, -0.15) is 13.2 Å². The summed E-state index contributed by atoms with van der Waals surface area (Å²) in [6.07, 6.45) is -3.38. The van der Waals surface area contributed by atoms with Gasteiger partial charge in [0.25, 0.3) is 5.56 Å². The Morgan fingerprint density at radius 3 is 2.43 bits per heavy atom. The Bertz CT molecular complexity index is 1320. The minimum absolute atomic E-state index is 0.0966. The van der Waals surface area contributed by atoms with Gasteiger partial charge in [-0.3, -0.25) is 9.59 Å². The summed E-state index contributed by atoms with van der Waals surface area (Å²) in [5, 5.41) is 0. The van der Waals surface area contributed by atoms with Crippen LogP contribution in [-0.2, 0) is 11.0 Å². The predicted molar refractivity (Wildman–Crippen MR) is 130 cm³/mol. The van der Waals surface area contributed by atoms with E-state index in [0.717, 1.165) is 18.2 Å². The zero-order valence-electron chi connectivity index (χ0n) is 20.5. The molecule has 0 fully saturated rings. The number of aromatic nitrogens is 1. The van der Waals surface area contributed by atoms with Crippen molar-refractivity contribution < 1.29 is 31.8 Å². The van der Waals surface area contributed by atoms with E-state index in [4.69, 9.17) is 15.2 Å². The Balaban J connectivity index is 2.07. The van der Waals surface area contributed by atoms with Gasteiger partial charge in [0, 0.05) is 29.9 Å². The van der Waals surface area contributed by atoms with Crippen molar-refractivity contribution in [1.82, 2.24) is 9.88 Å². The van der Waals surface area contributed by atoms with Gasteiger partial charge in [-0.25, -0.2) is 4.39 Å². The molecule has 11 heteroatoms. The van der Waals surface area contributed by atoms with Crippen LogP contribution in [0.15, 0.2) is 53.5 Å². The fourth-order valence-electron chi connectivity index (χ4n) is 3.76. The fourth-order valence-corrected chi connectivity index (χ4v) is 3.76. The highest BCUT2D eigenvalue weighted by Crippen LogP contribution is 2.38. The van der Waals surface area contributed by atoms with Crippen molar-refractivity contribution in [1.29, 1.82) is 0 Å². The van der Waals surface area contributed by atoms with Crippen molar-refractivity contribution >= 4 is 5.91 Å². The van der Waals surface area contributed by atoms with Crippen LogP contribution in [0.2, 0.25) is 0 Å². The van der Waals surface area contributed by atoms with Crippen LogP contribution >= 0.6 is 0 Å². The van der Waals surface area contributed by atoms with Crippen LogP contribution in [0.1, 0.15) is 29.5 Å². The van der Waals surface area contributed by atoms with Gasteiger partial charge in [-0.15, -0.1) is 0 Å². The number of H-pyrrole nitrogens is 1. The second-order valence-electron chi connectivity index (χ2n) is 8.52. The van der Waals surface area contributed by atoms with E-state index < -0.39 is 34.9 Å². The number of rotatable bonds is 10. The van der Waals surface area contributed by atoms with Gasteiger partial charge in [0.15, 0.2) is 0 Å². The molecule has 37 heavy (non-hydrogen) atoms. The summed E-state index contributed by atoms with van der Waals surface area (Å²) in [6, 6.07) is 7.89. The zero-order chi connectivity index (χ0) is 27.3. The first-order valence-corrected chi connectivity index (χ1v) is 11.3. The van der Waals surface area contributed by atoms with Gasteiger partial charge < -0.3 is 25.1 Å². The average molecular weight is 522 g/mol. The van der Waals surface area contributed by atoms with E-state index in [9.17, 15) is 22.8 Å². The molecule has 1 aromatic heterocycles. The van der Waals surface area contributed by atoms with Gasteiger partial charge in [0.2, 0.25) is 5.91 Å². The summed E-state index contributed by atoms with van der Waals surface area (Å²) in [4.78, 5) is 28.4. The number of nitrogens with zero attached hydrogens (tertiary/aromatic N) is 1. The maximum absolute atomic E-state index is 15.4. The number of ether oxygens (including phenoxy) is 2. The van der Waals surface area contributed by atoms with E-state index in [-0.39, 0.29) is 35.8 Å². The topological polar surface area (TPSA) is 97.7 Å². The van der Waals surface area contributed by atoms with E-state index in [2.05, 4.69) is 4.98 Å². The highest BCUT2D eigenvalue weighted by atomic mass is 19.4. The molecule has 2 aromatic carbocycles. The molecule has 0 spiro atoms. The average Bonchev–Trinajstić information content (AvgIpc) is 2.79. The number of alkyl halides is 3. The number of carbonyl (C=O) groups is 1. The summed E-state index contributed by atoms with van der Waals surface area (Å²) in [7, 11) is 3.56. The second-order valence-corrected chi connectivity index (χ2v) is 8.52. The molecule has 0 aliphatic carbocycles. The lowest BCUT2D eigenvalue weighted by Crippen LogP contribution is -2.24. The van der Waals surface area contributed by atoms with E-state index in [1.54, 1.807) is 25.9 Å². The summed E-state index contributed by atoms with van der Waals surface area (Å²) < 4.78 is 67.2. The second kappa shape index (κ2) is 11.5. The summed E-state index contributed by atoms with van der Waals surface area (Å²) in [5.74, 6) is -3.33. The van der Waals surface area contributed by atoms with Crippen molar-refractivity contribution in [2.24, 2.45) is 5.73 Å². The molecule has 1 amide bonds. The number of nitrogens with two attached hydrogens (primary N) is 1. The maximum Gasteiger partial charge on any atom is 0.416 e. The van der Waals surface area contributed by atoms with Crippen molar-refractivity contribution in [3.8, 4) is 22.6 Å². The molecule has 1 heterocycles. The molecule has 1 atom stereocenters. The number of likely N-dealkylation sites (N-methyl/N-ethyl adjacent to an activating group) is 1. The molecule has 0 radical (unpaired) electrons. The first-order chi connectivity index (χ1) is 17.4. The van der Waals surface area contributed by atoms with Gasteiger partial charge in [0.1, 0.15) is 23.9 Å². The van der Waals surface area contributed by atoms with Crippen LogP contribution in [0.25, 0.3) is 11.1 Å². The minimum Gasteiger partial charge on any atom is -0.493 e. The number of benzene rings is 2. The summed E-state index contributed by atoms with van der Waals surface area (Å²) in [5.41, 5.74) is 4.43. The molecular formula is C26H27F4N3O4. The van der Waals surface area contributed by atoms with E-state index in [1.165, 1.54) is 30.5 Å². The largest absolute Gasteiger partial charge is 0.493 e. The highest BCUT2D eigenvalue weighted by Gasteiger charge is 2.34. The van der Waals surface area contributed by atoms with E-state index in [0.29, 0.717) is 17.7 Å². The van der Waals surface area contributed by atoms with Crippen LogP contribution < -0.4 is 20.8 Å². The van der Waals surface area contributed by atoms with E-state index >= 15 is 4.39 Å². The summed E-state index contributed by atoms with van der Waals surface area (Å²) in [6.45, 7) is 2.52. The maximum atomic E-state index is 15.4. The molecule has 0 bridgehead atoms. The van der Waals surface area contributed by atoms with Crippen molar-refractivity contribution in [3.63, 3.8) is 0 Å². The SMILES string of the molecule is CCOc1cc(=O)[nH]cc1-c1ccc(C(C(N)=O)c2cc(OCCN(C)C)cc(C(F)(F)F)c2)c(F)c1. The number of pyridine rings is 1. The molecule has 3 aromatic rings. The van der Waals surface area contributed by atoms with Gasteiger partial charge in [0.05, 0.1) is 18.1 Å². The van der Waals surface area contributed by atoms with Crippen LogP contribution in [0, 0.1) is 5.82 Å². The van der Waals surface area contributed by atoms with E-state index in [1.807, 2.05) is 0 Å². The Labute approximate surface area is 210 Å². The standard InChI is InChI=1S/C26H27F4N3O4/c1-4-36-22-13-23(34)32-14-20(22)15-5-6-19(21(27)11-15)24(25(31)35)16-9-17(26(28,29)30)12-18(10-16)37-8-7-33(2)3/h5-6,9-14,24H,4,7-8H2,1-3H3,(H2,31,35)(H,32,34). The number of halogens is 4. The highest BCUT2D eigenvalue weighted by molar-refractivity contribution is 5.86. The Morgan fingerprint density at radius 2 is 1.84 bits per heavy atom. The molecule has 0 saturated carbocycles. The summed E-state index contributed by atoms with van der Waals surface area (Å²) >= 11 is 0. The lowest BCUT2D eigenvalue weighted by molar-refractivity contribution is -0.137. The molecule has 1 unspecified atom stereocenters. The Kier molecular flexibility index (Phi) is 8.59. The molecule has 198 valence electrons. The van der Waals surface area contributed by atoms with Crippen molar-refractivity contribution in [2.45, 2.75) is 19.0 Å². The monoisotopic (exact) mass is 521 g/mol.